The summed E-state index contributed by atoms with van der Waals surface area (Å²) in [6.45, 7) is 0.724. The summed E-state index contributed by atoms with van der Waals surface area (Å²) in [5.41, 5.74) is 3.92. The molecule has 2 atom stereocenters. The minimum absolute atomic E-state index is 0.111. The van der Waals surface area contributed by atoms with E-state index in [1.165, 1.54) is 0 Å². The molecular weight excluding hydrogens is 504 g/mol. The third kappa shape index (κ3) is 5.61. The van der Waals surface area contributed by atoms with Gasteiger partial charge in [-0.25, -0.2) is 9.67 Å². The fraction of sp³-hybridized carbons (Fsp3) is 0.355. The van der Waals surface area contributed by atoms with Crippen molar-refractivity contribution in [2.45, 2.75) is 56.3 Å². The number of nitrogens with one attached hydrogen (secondary N) is 2. The molecule has 2 N–H and O–H groups in total. The molecule has 0 bridgehead atoms. The fourth-order valence-electron chi connectivity index (χ4n) is 5.39. The standard InChI is InChI=1S/C31H34N6O3/c1-39-30-25(20-23(21-33-30)26-13-17-34-37(26)28-12-6-8-18-40-28)35-29(38)24(19-22-9-3-2-4-10-22)36-31(14-15-31)27-11-5-7-16-32-27/h2-5,7,9-11,13,16-17,20-21,24,28,36H,6,8,12,14-15,18-19H2,1H3,(H,35,38)/t24-,28?/m0/s1. The lowest BCUT2D eigenvalue weighted by atomic mass is 10.0. The topological polar surface area (TPSA) is 103 Å². The zero-order chi connectivity index (χ0) is 27.4. The number of carbonyl (C=O) groups is 1. The maximum absolute atomic E-state index is 13.9. The van der Waals surface area contributed by atoms with Gasteiger partial charge in [-0.3, -0.25) is 15.1 Å². The number of methoxy groups -OCH3 is 1. The van der Waals surface area contributed by atoms with E-state index in [1.807, 2.05) is 65.3 Å². The molecule has 1 unspecified atom stereocenters. The minimum atomic E-state index is -0.499. The first-order valence-electron chi connectivity index (χ1n) is 13.9. The summed E-state index contributed by atoms with van der Waals surface area (Å²) in [6, 6.07) is 19.3. The van der Waals surface area contributed by atoms with Gasteiger partial charge in [0, 0.05) is 30.8 Å². The number of pyridine rings is 2. The van der Waals surface area contributed by atoms with Crippen molar-refractivity contribution in [3.63, 3.8) is 0 Å². The van der Waals surface area contributed by atoms with Crippen LogP contribution in [0.25, 0.3) is 11.3 Å². The van der Waals surface area contributed by atoms with E-state index in [1.54, 1.807) is 25.7 Å². The maximum atomic E-state index is 13.9. The SMILES string of the molecule is COc1ncc(-c2ccnn2C2CCCCO2)cc1NC(=O)[C@H](Cc1ccccc1)NC1(c2ccccn2)CC1. The molecule has 1 amide bonds. The van der Waals surface area contributed by atoms with Crippen LogP contribution in [-0.4, -0.2) is 45.4 Å². The number of nitrogens with zero attached hydrogens (tertiary/aromatic N) is 4. The molecule has 6 rings (SSSR count). The van der Waals surface area contributed by atoms with Gasteiger partial charge in [-0.15, -0.1) is 0 Å². The van der Waals surface area contributed by atoms with Crippen LogP contribution in [0.4, 0.5) is 5.69 Å². The van der Waals surface area contributed by atoms with Crippen LogP contribution in [0, 0.1) is 0 Å². The first-order valence-corrected chi connectivity index (χ1v) is 13.9. The van der Waals surface area contributed by atoms with Gasteiger partial charge in [0.2, 0.25) is 11.8 Å². The minimum Gasteiger partial charge on any atom is -0.480 e. The summed E-state index contributed by atoms with van der Waals surface area (Å²) >= 11 is 0. The van der Waals surface area contributed by atoms with E-state index < -0.39 is 6.04 Å². The van der Waals surface area contributed by atoms with Crippen molar-refractivity contribution in [1.29, 1.82) is 0 Å². The number of ether oxygens (including phenoxy) is 2. The van der Waals surface area contributed by atoms with Crippen molar-refractivity contribution in [2.75, 3.05) is 19.0 Å². The molecule has 40 heavy (non-hydrogen) atoms. The fourth-order valence-corrected chi connectivity index (χ4v) is 5.39. The molecule has 1 aliphatic heterocycles. The van der Waals surface area contributed by atoms with Crippen LogP contribution < -0.4 is 15.4 Å². The van der Waals surface area contributed by atoms with Gasteiger partial charge < -0.3 is 14.8 Å². The molecule has 1 aliphatic carbocycles. The Morgan fingerprint density at radius 2 is 1.95 bits per heavy atom. The predicted octanol–water partition coefficient (Wildman–Crippen LogP) is 4.88. The average molecular weight is 539 g/mol. The van der Waals surface area contributed by atoms with Gasteiger partial charge in [0.05, 0.1) is 30.1 Å². The number of aromatic nitrogens is 4. The molecule has 9 heteroatoms. The van der Waals surface area contributed by atoms with E-state index in [4.69, 9.17) is 9.47 Å². The molecule has 9 nitrogen and oxygen atoms in total. The summed E-state index contributed by atoms with van der Waals surface area (Å²) in [4.78, 5) is 23.0. The van der Waals surface area contributed by atoms with Gasteiger partial charge in [0.15, 0.2) is 6.23 Å². The Kier molecular flexibility index (Phi) is 7.57. The first kappa shape index (κ1) is 26.2. The molecule has 206 valence electrons. The Morgan fingerprint density at radius 1 is 1.10 bits per heavy atom. The lowest BCUT2D eigenvalue weighted by molar-refractivity contribution is -0.118. The van der Waals surface area contributed by atoms with Crippen LogP contribution >= 0.6 is 0 Å². The van der Waals surface area contributed by atoms with Gasteiger partial charge in [0.1, 0.15) is 5.69 Å². The molecule has 1 aromatic carbocycles. The van der Waals surface area contributed by atoms with Gasteiger partial charge in [0.25, 0.3) is 0 Å². The van der Waals surface area contributed by atoms with Crippen LogP contribution in [0.3, 0.4) is 0 Å². The summed E-state index contributed by atoms with van der Waals surface area (Å²) in [5, 5.41) is 11.3. The number of hydrogen-bond acceptors (Lipinski definition) is 7. The molecule has 4 heterocycles. The Morgan fingerprint density at radius 3 is 2.67 bits per heavy atom. The third-order valence-electron chi connectivity index (χ3n) is 7.65. The van der Waals surface area contributed by atoms with Gasteiger partial charge in [-0.05, 0) is 68.4 Å². The molecular formula is C31H34N6O3. The molecule has 2 aliphatic rings. The van der Waals surface area contributed by atoms with E-state index in [-0.39, 0.29) is 17.7 Å². The van der Waals surface area contributed by atoms with E-state index in [9.17, 15) is 4.79 Å². The normalized spacial score (nSPS) is 18.6. The van der Waals surface area contributed by atoms with Crippen LogP contribution in [0.15, 0.2) is 79.3 Å². The maximum Gasteiger partial charge on any atom is 0.242 e. The second kappa shape index (κ2) is 11.6. The lowest BCUT2D eigenvalue weighted by Gasteiger charge is -2.26. The Balaban J connectivity index is 1.27. The third-order valence-corrected chi connectivity index (χ3v) is 7.65. The molecule has 1 saturated heterocycles. The molecule has 2 fully saturated rings. The Labute approximate surface area is 234 Å². The smallest absolute Gasteiger partial charge is 0.242 e. The zero-order valence-corrected chi connectivity index (χ0v) is 22.6. The van der Waals surface area contributed by atoms with Crippen molar-refractivity contribution in [2.24, 2.45) is 0 Å². The largest absolute Gasteiger partial charge is 0.480 e. The highest BCUT2D eigenvalue weighted by atomic mass is 16.5. The van der Waals surface area contributed by atoms with Crippen LogP contribution in [0.5, 0.6) is 5.88 Å². The van der Waals surface area contributed by atoms with Gasteiger partial charge in [-0.1, -0.05) is 36.4 Å². The number of benzene rings is 1. The zero-order valence-electron chi connectivity index (χ0n) is 22.6. The summed E-state index contributed by atoms with van der Waals surface area (Å²) in [7, 11) is 1.55. The number of hydrogen-bond donors (Lipinski definition) is 2. The summed E-state index contributed by atoms with van der Waals surface area (Å²) in [5.74, 6) is 0.189. The Bertz CT molecular complexity index is 1430. The van der Waals surface area contributed by atoms with E-state index in [2.05, 4.69) is 25.7 Å². The van der Waals surface area contributed by atoms with Crippen LogP contribution in [0.1, 0.15) is 49.6 Å². The molecule has 1 saturated carbocycles. The highest BCUT2D eigenvalue weighted by molar-refractivity contribution is 5.96. The number of anilines is 1. The number of amides is 1. The molecule has 4 aromatic rings. The first-order chi connectivity index (χ1) is 19.6. The van der Waals surface area contributed by atoms with Crippen LogP contribution in [-0.2, 0) is 21.5 Å². The van der Waals surface area contributed by atoms with Crippen molar-refractivity contribution in [3.05, 3.63) is 90.5 Å². The quantitative estimate of drug-likeness (QED) is 0.297. The summed E-state index contributed by atoms with van der Waals surface area (Å²) < 4.78 is 13.4. The van der Waals surface area contributed by atoms with Crippen molar-refractivity contribution < 1.29 is 14.3 Å². The molecule has 3 aromatic heterocycles. The number of rotatable bonds is 10. The Hall–Kier alpha value is -4.08. The predicted molar refractivity (Wildman–Crippen MR) is 152 cm³/mol. The second-order valence-corrected chi connectivity index (χ2v) is 10.4. The van der Waals surface area contributed by atoms with E-state index >= 15 is 0 Å². The highest BCUT2D eigenvalue weighted by Gasteiger charge is 2.47. The van der Waals surface area contributed by atoms with E-state index in [0.29, 0.717) is 18.0 Å². The van der Waals surface area contributed by atoms with Crippen molar-refractivity contribution in [3.8, 4) is 17.1 Å². The van der Waals surface area contributed by atoms with Crippen molar-refractivity contribution in [1.82, 2.24) is 25.1 Å². The lowest BCUT2D eigenvalue weighted by Crippen LogP contribution is -2.47. The molecule has 0 radical (unpaired) electrons. The van der Waals surface area contributed by atoms with E-state index in [0.717, 1.165) is 61.2 Å². The monoisotopic (exact) mass is 538 g/mol. The highest BCUT2D eigenvalue weighted by Crippen LogP contribution is 2.45. The van der Waals surface area contributed by atoms with Crippen LogP contribution in [0.2, 0.25) is 0 Å². The second-order valence-electron chi connectivity index (χ2n) is 10.4. The van der Waals surface area contributed by atoms with Gasteiger partial charge in [-0.2, -0.15) is 5.10 Å². The molecule has 0 spiro atoms. The van der Waals surface area contributed by atoms with Gasteiger partial charge >= 0.3 is 0 Å². The average Bonchev–Trinajstić information content (AvgIpc) is 3.63. The summed E-state index contributed by atoms with van der Waals surface area (Å²) in [6.07, 6.45) is 10.7. The van der Waals surface area contributed by atoms with Crippen molar-refractivity contribution >= 4 is 11.6 Å². The number of carbonyl (C=O) groups excluding carboxylic acids is 1.